The maximum absolute atomic E-state index is 11.2. The van der Waals surface area contributed by atoms with Gasteiger partial charge in [-0.25, -0.2) is 0 Å². The lowest BCUT2D eigenvalue weighted by atomic mass is 10.1. The minimum absolute atomic E-state index is 0.0808. The first-order chi connectivity index (χ1) is 6.84. The average molecular weight is 258 g/mol. The van der Waals surface area contributed by atoms with Gasteiger partial charge in [-0.05, 0) is 18.0 Å². The maximum Gasteiger partial charge on any atom is 0.181 e. The first-order valence-electron chi connectivity index (χ1n) is 4.10. The van der Waals surface area contributed by atoms with Crippen LogP contribution in [0.15, 0.2) is 24.4 Å². The van der Waals surface area contributed by atoms with E-state index in [2.05, 4.69) is 20.9 Å². The second-order valence-corrected chi connectivity index (χ2v) is 2.34. The summed E-state index contributed by atoms with van der Waals surface area (Å²) in [7, 11) is 0. The number of alkyl halides is 1. The van der Waals surface area contributed by atoms with Crippen molar-refractivity contribution in [1.82, 2.24) is 4.98 Å². The van der Waals surface area contributed by atoms with Gasteiger partial charge in [0.2, 0.25) is 0 Å². The van der Waals surface area contributed by atoms with E-state index in [0.29, 0.717) is 5.69 Å². The third-order valence-corrected chi connectivity index (χ3v) is 1.44. The molecule has 1 heterocycles. The van der Waals surface area contributed by atoms with E-state index >= 15 is 0 Å². The van der Waals surface area contributed by atoms with Gasteiger partial charge < -0.3 is 4.79 Å². The summed E-state index contributed by atoms with van der Waals surface area (Å²) in [5, 5.41) is 0. The number of rotatable bonds is 4. The van der Waals surface area contributed by atoms with Crippen molar-refractivity contribution in [1.29, 1.82) is 0 Å². The van der Waals surface area contributed by atoms with Crippen molar-refractivity contribution < 1.29 is 9.59 Å². The van der Waals surface area contributed by atoms with E-state index in [4.69, 9.17) is 0 Å². The first-order valence-corrected chi connectivity index (χ1v) is 5.69. The van der Waals surface area contributed by atoms with Crippen LogP contribution in [0.3, 0.4) is 0 Å². The lowest BCUT2D eigenvalue weighted by Crippen LogP contribution is -2.01. The van der Waals surface area contributed by atoms with Crippen LogP contribution in [0.1, 0.15) is 23.3 Å². The third kappa shape index (κ3) is 4.87. The predicted octanol–water partition coefficient (Wildman–Crippen LogP) is 2.25. The van der Waals surface area contributed by atoms with Crippen molar-refractivity contribution in [2.75, 3.05) is 5.83 Å². The second kappa shape index (κ2) is 8.56. The van der Waals surface area contributed by atoms with Crippen LogP contribution in [0.5, 0.6) is 0 Å². The van der Waals surface area contributed by atoms with Gasteiger partial charge in [-0.15, -0.1) is 0 Å². The van der Waals surface area contributed by atoms with Gasteiger partial charge in [0.25, 0.3) is 0 Å². The molecule has 0 fully saturated rings. The highest BCUT2D eigenvalue weighted by atomic mass is 79.9. The van der Waals surface area contributed by atoms with Gasteiger partial charge in [0.15, 0.2) is 5.78 Å². The highest BCUT2D eigenvalue weighted by molar-refractivity contribution is 9.08. The molecule has 0 atom stereocenters. The summed E-state index contributed by atoms with van der Waals surface area (Å²) in [6.45, 7) is 0. The van der Waals surface area contributed by atoms with Crippen LogP contribution < -0.4 is 0 Å². The number of aromatic nitrogens is 1. The Balaban J connectivity index is 0.000000791. The fourth-order valence-electron chi connectivity index (χ4n) is 0.846. The molecule has 0 N–H and O–H groups in total. The predicted molar refractivity (Wildman–Crippen MR) is 58.7 cm³/mol. The molecular weight excluding hydrogens is 246 g/mol. The Labute approximate surface area is 91.7 Å². The molecule has 76 valence electrons. The molecule has 1 rings (SSSR count). The standard InChI is InChI=1S/C9H9NO2.CH3Br/c11-7-3-5-9(12)8-4-1-2-6-10-8;1-2/h1-2,4,6-7H,3,5H2;1H3. The van der Waals surface area contributed by atoms with Crippen LogP contribution >= 0.6 is 15.9 Å². The molecule has 0 saturated heterocycles. The van der Waals surface area contributed by atoms with Crippen LogP contribution in [0.25, 0.3) is 0 Å². The van der Waals surface area contributed by atoms with Gasteiger partial charge in [-0.1, -0.05) is 22.0 Å². The molecule has 0 aromatic carbocycles. The molecule has 1 aromatic heterocycles. The average Bonchev–Trinajstić information content (AvgIpc) is 2.30. The molecule has 0 aliphatic heterocycles. The number of hydrogen-bond acceptors (Lipinski definition) is 3. The molecule has 3 nitrogen and oxygen atoms in total. The number of hydrogen-bond donors (Lipinski definition) is 0. The van der Waals surface area contributed by atoms with E-state index < -0.39 is 0 Å². The highest BCUT2D eigenvalue weighted by Crippen LogP contribution is 1.99. The normalized spacial score (nSPS) is 8.43. The number of Topliss-reactive ketones (excluding diaryl/α,β-unsaturated/α-hetero) is 1. The fraction of sp³-hybridized carbons (Fsp3) is 0.300. The topological polar surface area (TPSA) is 47.0 Å². The van der Waals surface area contributed by atoms with Crippen molar-refractivity contribution in [3.8, 4) is 0 Å². The molecule has 0 amide bonds. The molecule has 14 heavy (non-hydrogen) atoms. The number of nitrogens with zero attached hydrogens (tertiary/aromatic N) is 1. The highest BCUT2D eigenvalue weighted by Gasteiger charge is 2.04. The van der Waals surface area contributed by atoms with Crippen molar-refractivity contribution in [3.05, 3.63) is 30.1 Å². The van der Waals surface area contributed by atoms with Crippen LogP contribution in [0, 0.1) is 0 Å². The summed E-state index contributed by atoms with van der Waals surface area (Å²) in [5.74, 6) is 1.73. The monoisotopic (exact) mass is 257 g/mol. The van der Waals surface area contributed by atoms with E-state index in [0.717, 1.165) is 6.29 Å². The number of ketones is 1. The smallest absolute Gasteiger partial charge is 0.181 e. The summed E-state index contributed by atoms with van der Waals surface area (Å²) < 4.78 is 0. The maximum atomic E-state index is 11.2. The van der Waals surface area contributed by atoms with E-state index in [1.54, 1.807) is 24.4 Å². The first kappa shape index (κ1) is 13.0. The zero-order chi connectivity index (χ0) is 10.8. The zero-order valence-electron chi connectivity index (χ0n) is 7.94. The van der Waals surface area contributed by atoms with Crippen molar-refractivity contribution in [2.45, 2.75) is 12.8 Å². The summed E-state index contributed by atoms with van der Waals surface area (Å²) in [5.41, 5.74) is 0.430. The lowest BCUT2D eigenvalue weighted by Gasteiger charge is -1.94. The Kier molecular flexibility index (Phi) is 7.93. The number of aldehydes is 1. The molecule has 4 heteroatoms. The Morgan fingerprint density at radius 2 is 2.21 bits per heavy atom. The van der Waals surface area contributed by atoms with Crippen LogP contribution in [-0.2, 0) is 4.79 Å². The van der Waals surface area contributed by atoms with Crippen LogP contribution in [-0.4, -0.2) is 22.9 Å². The Bertz CT molecular complexity index is 275. The van der Waals surface area contributed by atoms with Crippen LogP contribution in [0.2, 0.25) is 0 Å². The van der Waals surface area contributed by atoms with Gasteiger partial charge in [0, 0.05) is 19.0 Å². The second-order valence-electron chi connectivity index (χ2n) is 2.34. The van der Waals surface area contributed by atoms with E-state index in [9.17, 15) is 9.59 Å². The minimum Gasteiger partial charge on any atom is -0.303 e. The molecule has 0 radical (unpaired) electrons. The van der Waals surface area contributed by atoms with E-state index in [1.807, 2.05) is 5.83 Å². The number of halogens is 1. The van der Waals surface area contributed by atoms with E-state index in [1.165, 1.54) is 0 Å². The van der Waals surface area contributed by atoms with Gasteiger partial charge in [-0.3, -0.25) is 9.78 Å². The molecule has 0 saturated carbocycles. The Morgan fingerprint density at radius 3 is 2.71 bits per heavy atom. The van der Waals surface area contributed by atoms with E-state index in [-0.39, 0.29) is 18.6 Å². The Hall–Kier alpha value is -1.03. The molecule has 0 aliphatic carbocycles. The molecule has 1 aromatic rings. The summed E-state index contributed by atoms with van der Waals surface area (Å²) in [6.07, 6.45) is 2.82. The minimum atomic E-state index is -0.0808. The van der Waals surface area contributed by atoms with Crippen molar-refractivity contribution in [3.63, 3.8) is 0 Å². The summed E-state index contributed by atoms with van der Waals surface area (Å²) >= 11 is 2.94. The third-order valence-electron chi connectivity index (χ3n) is 1.44. The van der Waals surface area contributed by atoms with Crippen LogP contribution in [0.4, 0.5) is 0 Å². The number of carbonyl (C=O) groups is 2. The quantitative estimate of drug-likeness (QED) is 0.472. The molecule has 0 bridgehead atoms. The van der Waals surface area contributed by atoms with Gasteiger partial charge in [0.1, 0.15) is 12.0 Å². The number of pyridine rings is 1. The molecule has 0 unspecified atom stereocenters. The SMILES string of the molecule is CBr.O=CCCC(=O)c1ccccn1. The van der Waals surface area contributed by atoms with Gasteiger partial charge in [-0.2, -0.15) is 0 Å². The van der Waals surface area contributed by atoms with Gasteiger partial charge >= 0.3 is 0 Å². The molecule has 0 aliphatic rings. The van der Waals surface area contributed by atoms with Crippen molar-refractivity contribution in [2.24, 2.45) is 0 Å². The zero-order valence-corrected chi connectivity index (χ0v) is 9.53. The Morgan fingerprint density at radius 1 is 1.50 bits per heavy atom. The summed E-state index contributed by atoms with van der Waals surface area (Å²) in [6, 6.07) is 5.14. The molecule has 0 spiro atoms. The summed E-state index contributed by atoms with van der Waals surface area (Å²) in [4.78, 5) is 25.0. The lowest BCUT2D eigenvalue weighted by molar-refractivity contribution is -0.107. The van der Waals surface area contributed by atoms with Gasteiger partial charge in [0.05, 0.1) is 0 Å². The fourth-order valence-corrected chi connectivity index (χ4v) is 0.846. The van der Waals surface area contributed by atoms with Crippen molar-refractivity contribution >= 4 is 28.0 Å². The number of carbonyl (C=O) groups excluding carboxylic acids is 2. The largest absolute Gasteiger partial charge is 0.303 e. The molecular formula is C10H12BrNO2.